The van der Waals surface area contributed by atoms with Gasteiger partial charge in [-0.15, -0.1) is 15.3 Å². The standard InChI is InChI=1S/C15H18N8O/c1-21(9-14-18-16-10-22(14)2)15(24)13(23-11-17-19-20-23)8-12-6-4-3-5-7-12/h3-7,10-11,13H,8-9H2,1-2H3/t13-/m0/s1. The van der Waals surface area contributed by atoms with Crippen molar-refractivity contribution >= 4 is 5.91 Å². The van der Waals surface area contributed by atoms with Crippen LogP contribution in [-0.4, -0.2) is 52.8 Å². The van der Waals surface area contributed by atoms with E-state index in [1.54, 1.807) is 22.8 Å². The van der Waals surface area contributed by atoms with Crippen LogP contribution in [-0.2, 0) is 24.8 Å². The molecule has 2 heterocycles. The minimum Gasteiger partial charge on any atom is -0.336 e. The number of hydrogen-bond donors (Lipinski definition) is 0. The van der Waals surface area contributed by atoms with E-state index in [9.17, 15) is 4.79 Å². The molecule has 0 fully saturated rings. The maximum atomic E-state index is 12.9. The molecule has 9 nitrogen and oxygen atoms in total. The molecule has 3 rings (SSSR count). The molecule has 0 spiro atoms. The average Bonchev–Trinajstić information content (AvgIpc) is 3.25. The number of aromatic nitrogens is 7. The highest BCUT2D eigenvalue weighted by molar-refractivity contribution is 5.80. The molecule has 0 aliphatic heterocycles. The Morgan fingerprint density at radius 2 is 2.00 bits per heavy atom. The molecule has 0 radical (unpaired) electrons. The summed E-state index contributed by atoms with van der Waals surface area (Å²) in [6, 6.07) is 9.28. The largest absolute Gasteiger partial charge is 0.336 e. The quantitative estimate of drug-likeness (QED) is 0.644. The van der Waals surface area contributed by atoms with E-state index in [0.29, 0.717) is 18.8 Å². The molecule has 24 heavy (non-hydrogen) atoms. The molecule has 1 amide bonds. The van der Waals surface area contributed by atoms with Crippen molar-refractivity contribution in [3.05, 3.63) is 54.4 Å². The van der Waals surface area contributed by atoms with Crippen LogP contribution in [0.15, 0.2) is 43.0 Å². The summed E-state index contributed by atoms with van der Waals surface area (Å²) in [5.41, 5.74) is 1.04. The lowest BCUT2D eigenvalue weighted by atomic mass is 10.1. The van der Waals surface area contributed by atoms with E-state index >= 15 is 0 Å². The van der Waals surface area contributed by atoms with Gasteiger partial charge in [-0.25, -0.2) is 4.68 Å². The minimum absolute atomic E-state index is 0.0887. The van der Waals surface area contributed by atoms with Crippen LogP contribution in [0.3, 0.4) is 0 Å². The second-order valence-corrected chi connectivity index (χ2v) is 5.55. The fraction of sp³-hybridized carbons (Fsp3) is 0.333. The normalized spacial score (nSPS) is 12.1. The first kappa shape index (κ1) is 15.8. The summed E-state index contributed by atoms with van der Waals surface area (Å²) in [6.07, 6.45) is 3.58. The van der Waals surface area contributed by atoms with Crippen LogP contribution in [0.2, 0.25) is 0 Å². The number of aryl methyl sites for hydroxylation is 1. The van der Waals surface area contributed by atoms with E-state index in [4.69, 9.17) is 0 Å². The van der Waals surface area contributed by atoms with Crippen molar-refractivity contribution < 1.29 is 4.79 Å². The molecule has 0 saturated heterocycles. The molecule has 9 heteroatoms. The van der Waals surface area contributed by atoms with E-state index in [-0.39, 0.29) is 5.91 Å². The van der Waals surface area contributed by atoms with E-state index in [0.717, 1.165) is 5.56 Å². The predicted molar refractivity (Wildman–Crippen MR) is 84.5 cm³/mol. The molecule has 0 aliphatic rings. The summed E-state index contributed by atoms with van der Waals surface area (Å²) in [5.74, 6) is 0.621. The van der Waals surface area contributed by atoms with Gasteiger partial charge in [-0.3, -0.25) is 4.79 Å². The molecule has 0 saturated carbocycles. The molecule has 124 valence electrons. The van der Waals surface area contributed by atoms with Gasteiger partial charge in [-0.1, -0.05) is 30.3 Å². The summed E-state index contributed by atoms with van der Waals surface area (Å²) < 4.78 is 3.27. The van der Waals surface area contributed by atoms with Crippen molar-refractivity contribution in [1.82, 2.24) is 39.9 Å². The van der Waals surface area contributed by atoms with Crippen LogP contribution < -0.4 is 0 Å². The lowest BCUT2D eigenvalue weighted by molar-refractivity contribution is -0.134. The Balaban J connectivity index is 1.79. The summed E-state index contributed by atoms with van der Waals surface area (Å²) in [7, 11) is 3.58. The SMILES string of the molecule is CN(Cc1nncn1C)C(=O)[C@H](Cc1ccccc1)n1cnnn1. The maximum absolute atomic E-state index is 12.9. The zero-order valence-electron chi connectivity index (χ0n) is 13.5. The number of hydrogen-bond acceptors (Lipinski definition) is 6. The van der Waals surface area contributed by atoms with Crippen molar-refractivity contribution in [2.75, 3.05) is 7.05 Å². The lowest BCUT2D eigenvalue weighted by Crippen LogP contribution is -2.36. The lowest BCUT2D eigenvalue weighted by Gasteiger charge is -2.23. The average molecular weight is 326 g/mol. The number of tetrazole rings is 1. The first-order valence-electron chi connectivity index (χ1n) is 7.49. The van der Waals surface area contributed by atoms with Gasteiger partial charge in [-0.05, 0) is 16.0 Å². The van der Waals surface area contributed by atoms with E-state index < -0.39 is 6.04 Å². The van der Waals surface area contributed by atoms with E-state index in [2.05, 4.69) is 25.7 Å². The van der Waals surface area contributed by atoms with Crippen LogP contribution in [0.4, 0.5) is 0 Å². The monoisotopic (exact) mass is 326 g/mol. The van der Waals surface area contributed by atoms with E-state index in [1.807, 2.05) is 37.4 Å². The van der Waals surface area contributed by atoms with Gasteiger partial charge >= 0.3 is 0 Å². The Hall–Kier alpha value is -3.10. The summed E-state index contributed by atoms with van der Waals surface area (Å²) in [4.78, 5) is 14.5. The molecule has 0 bridgehead atoms. The van der Waals surface area contributed by atoms with Crippen molar-refractivity contribution in [2.45, 2.75) is 19.0 Å². The van der Waals surface area contributed by atoms with Crippen LogP contribution in [0.5, 0.6) is 0 Å². The molecule has 1 aromatic carbocycles. The molecular formula is C15H18N8O. The van der Waals surface area contributed by atoms with Gasteiger partial charge in [0.15, 0.2) is 5.82 Å². The Morgan fingerprint density at radius 1 is 1.21 bits per heavy atom. The highest BCUT2D eigenvalue weighted by Crippen LogP contribution is 2.16. The minimum atomic E-state index is -0.513. The predicted octanol–water partition coefficient (Wildman–Crippen LogP) is 0.244. The third-order valence-corrected chi connectivity index (χ3v) is 3.80. The van der Waals surface area contributed by atoms with Gasteiger partial charge in [0.25, 0.3) is 0 Å². The fourth-order valence-electron chi connectivity index (χ4n) is 2.44. The molecule has 2 aromatic heterocycles. The van der Waals surface area contributed by atoms with Gasteiger partial charge in [0.05, 0.1) is 6.54 Å². The topological polar surface area (TPSA) is 94.6 Å². The summed E-state index contributed by atoms with van der Waals surface area (Å²) >= 11 is 0. The van der Waals surface area contributed by atoms with Crippen molar-refractivity contribution in [3.63, 3.8) is 0 Å². The maximum Gasteiger partial charge on any atom is 0.248 e. The second-order valence-electron chi connectivity index (χ2n) is 5.55. The third kappa shape index (κ3) is 3.45. The Labute approximate surface area is 138 Å². The van der Waals surface area contributed by atoms with E-state index in [1.165, 1.54) is 11.0 Å². The number of amides is 1. The Bertz CT molecular complexity index is 783. The van der Waals surface area contributed by atoms with Gasteiger partial charge in [0, 0.05) is 20.5 Å². The summed E-state index contributed by atoms with van der Waals surface area (Å²) in [6.45, 7) is 0.364. The number of carbonyl (C=O) groups is 1. The first-order chi connectivity index (χ1) is 11.6. The zero-order valence-corrected chi connectivity index (χ0v) is 13.5. The van der Waals surface area contributed by atoms with Gasteiger partial charge in [0.2, 0.25) is 5.91 Å². The highest BCUT2D eigenvalue weighted by Gasteiger charge is 2.26. The Kier molecular flexibility index (Phi) is 4.59. The first-order valence-corrected chi connectivity index (χ1v) is 7.49. The van der Waals surface area contributed by atoms with Crippen molar-refractivity contribution in [2.24, 2.45) is 7.05 Å². The molecular weight excluding hydrogens is 308 g/mol. The highest BCUT2D eigenvalue weighted by atomic mass is 16.2. The van der Waals surface area contributed by atoms with Crippen LogP contribution in [0, 0.1) is 0 Å². The van der Waals surface area contributed by atoms with Gasteiger partial charge in [-0.2, -0.15) is 0 Å². The number of carbonyl (C=O) groups excluding carboxylic acids is 1. The van der Waals surface area contributed by atoms with Crippen LogP contribution in [0.25, 0.3) is 0 Å². The smallest absolute Gasteiger partial charge is 0.248 e. The van der Waals surface area contributed by atoms with Crippen molar-refractivity contribution in [1.29, 1.82) is 0 Å². The Morgan fingerprint density at radius 3 is 2.62 bits per heavy atom. The van der Waals surface area contributed by atoms with Gasteiger partial charge < -0.3 is 9.47 Å². The second kappa shape index (κ2) is 6.99. The van der Waals surface area contributed by atoms with Crippen molar-refractivity contribution in [3.8, 4) is 0 Å². The number of rotatable bonds is 6. The summed E-state index contributed by atoms with van der Waals surface area (Å²) in [5, 5.41) is 19.1. The van der Waals surface area contributed by atoms with Crippen LogP contribution in [0.1, 0.15) is 17.4 Å². The molecule has 3 aromatic rings. The number of nitrogens with zero attached hydrogens (tertiary/aromatic N) is 8. The third-order valence-electron chi connectivity index (χ3n) is 3.80. The van der Waals surface area contributed by atoms with Gasteiger partial charge in [0.1, 0.15) is 18.7 Å². The number of likely N-dealkylation sites (N-methyl/N-ethyl adjacent to an activating group) is 1. The molecule has 0 unspecified atom stereocenters. The van der Waals surface area contributed by atoms with Crippen LogP contribution >= 0.6 is 0 Å². The molecule has 1 atom stereocenters. The molecule has 0 N–H and O–H groups in total. The number of benzene rings is 1. The fourth-order valence-corrected chi connectivity index (χ4v) is 2.44. The molecule has 0 aliphatic carbocycles. The zero-order chi connectivity index (χ0) is 16.9.